The van der Waals surface area contributed by atoms with Gasteiger partial charge in [0.1, 0.15) is 0 Å². The molecule has 0 unspecified atom stereocenters. The van der Waals surface area contributed by atoms with Crippen molar-refractivity contribution < 1.29 is 19.2 Å². The molecule has 2 aliphatic rings. The molecule has 0 aliphatic carbocycles. The van der Waals surface area contributed by atoms with Crippen LogP contribution in [0.4, 0.5) is 5.69 Å². The first kappa shape index (κ1) is 16.0. The number of benzene rings is 1. The number of amides is 2. The maximum Gasteiger partial charge on any atom is 0.329 e. The molecule has 24 heavy (non-hydrogen) atoms. The van der Waals surface area contributed by atoms with E-state index in [2.05, 4.69) is 10.8 Å². The van der Waals surface area contributed by atoms with Gasteiger partial charge in [-0.2, -0.15) is 0 Å². The predicted molar refractivity (Wildman–Crippen MR) is 86.9 cm³/mol. The standard InChI is InChI=1S/C17H19N3O4/c1-11(21)24-19-14-6-8-20(9-7-14)17(23)13-2-4-15-12(10-13)3-5-16(22)18-15/h2,4,6,10,19H,3,5,7-9H2,1H3,(H,18,22). The molecule has 2 amide bonds. The van der Waals surface area contributed by atoms with E-state index in [9.17, 15) is 14.4 Å². The average molecular weight is 329 g/mol. The van der Waals surface area contributed by atoms with Gasteiger partial charge >= 0.3 is 5.97 Å². The zero-order chi connectivity index (χ0) is 17.1. The largest absolute Gasteiger partial charge is 0.344 e. The van der Waals surface area contributed by atoms with Gasteiger partial charge in [0.25, 0.3) is 5.91 Å². The molecule has 2 N–H and O–H groups in total. The SMILES string of the molecule is CC(=O)ONC1=CCN(C(=O)c2ccc3c(c2)CCC(=O)N3)CC1. The van der Waals surface area contributed by atoms with Crippen molar-refractivity contribution in [3.8, 4) is 0 Å². The third-order valence-electron chi connectivity index (χ3n) is 4.07. The molecule has 0 saturated heterocycles. The van der Waals surface area contributed by atoms with E-state index in [1.807, 2.05) is 12.1 Å². The number of rotatable bonds is 3. The van der Waals surface area contributed by atoms with Gasteiger partial charge in [-0.3, -0.25) is 14.4 Å². The summed E-state index contributed by atoms with van der Waals surface area (Å²) in [5.41, 5.74) is 5.79. The lowest BCUT2D eigenvalue weighted by Crippen LogP contribution is -2.37. The summed E-state index contributed by atoms with van der Waals surface area (Å²) < 4.78 is 0. The summed E-state index contributed by atoms with van der Waals surface area (Å²) in [5.74, 6) is -0.441. The van der Waals surface area contributed by atoms with Crippen LogP contribution in [0.15, 0.2) is 30.0 Å². The average Bonchev–Trinajstić information content (AvgIpc) is 2.59. The van der Waals surface area contributed by atoms with Gasteiger partial charge in [0.15, 0.2) is 0 Å². The van der Waals surface area contributed by atoms with Gasteiger partial charge in [-0.25, -0.2) is 5.48 Å². The monoisotopic (exact) mass is 329 g/mol. The topological polar surface area (TPSA) is 87.7 Å². The number of nitrogens with zero attached hydrogens (tertiary/aromatic N) is 1. The maximum absolute atomic E-state index is 12.6. The highest BCUT2D eigenvalue weighted by molar-refractivity contribution is 5.98. The molecular weight excluding hydrogens is 310 g/mol. The summed E-state index contributed by atoms with van der Waals surface area (Å²) in [7, 11) is 0. The van der Waals surface area contributed by atoms with E-state index >= 15 is 0 Å². The molecule has 1 aromatic rings. The normalized spacial score (nSPS) is 16.6. The van der Waals surface area contributed by atoms with Gasteiger partial charge in [-0.05, 0) is 36.3 Å². The highest BCUT2D eigenvalue weighted by Gasteiger charge is 2.21. The van der Waals surface area contributed by atoms with Gasteiger partial charge in [0, 0.05) is 49.8 Å². The quantitative estimate of drug-likeness (QED) is 0.818. The molecule has 126 valence electrons. The van der Waals surface area contributed by atoms with Crippen molar-refractivity contribution in [2.24, 2.45) is 0 Å². The van der Waals surface area contributed by atoms with Crippen LogP contribution in [0, 0.1) is 0 Å². The number of hydroxylamine groups is 1. The molecule has 0 saturated carbocycles. The third kappa shape index (κ3) is 3.56. The molecule has 0 radical (unpaired) electrons. The van der Waals surface area contributed by atoms with Crippen molar-refractivity contribution in [2.45, 2.75) is 26.2 Å². The Hall–Kier alpha value is -2.83. The van der Waals surface area contributed by atoms with Gasteiger partial charge < -0.3 is 15.1 Å². The third-order valence-corrected chi connectivity index (χ3v) is 4.07. The van der Waals surface area contributed by atoms with E-state index in [1.54, 1.807) is 17.0 Å². The number of hydrogen-bond donors (Lipinski definition) is 2. The lowest BCUT2D eigenvalue weighted by atomic mass is 9.99. The van der Waals surface area contributed by atoms with Crippen molar-refractivity contribution in [1.82, 2.24) is 10.4 Å². The lowest BCUT2D eigenvalue weighted by molar-refractivity contribution is -0.146. The Bertz CT molecular complexity index is 727. The number of carbonyl (C=O) groups excluding carboxylic acids is 3. The summed E-state index contributed by atoms with van der Waals surface area (Å²) in [6.45, 7) is 2.33. The molecule has 0 aromatic heterocycles. The van der Waals surface area contributed by atoms with E-state index < -0.39 is 5.97 Å². The molecule has 2 heterocycles. The van der Waals surface area contributed by atoms with E-state index in [4.69, 9.17) is 4.84 Å². The zero-order valence-corrected chi connectivity index (χ0v) is 13.4. The minimum absolute atomic E-state index is 0.00977. The second-order valence-corrected chi connectivity index (χ2v) is 5.85. The van der Waals surface area contributed by atoms with Crippen molar-refractivity contribution in [2.75, 3.05) is 18.4 Å². The minimum Gasteiger partial charge on any atom is -0.344 e. The molecule has 0 atom stereocenters. The summed E-state index contributed by atoms with van der Waals surface area (Å²) in [6, 6.07) is 5.38. The molecule has 2 aliphatic heterocycles. The lowest BCUT2D eigenvalue weighted by Gasteiger charge is -2.27. The minimum atomic E-state index is -0.407. The van der Waals surface area contributed by atoms with Crippen molar-refractivity contribution in [1.29, 1.82) is 0 Å². The summed E-state index contributed by atoms with van der Waals surface area (Å²) in [5, 5.41) is 2.81. The Morgan fingerprint density at radius 3 is 2.79 bits per heavy atom. The molecule has 1 aromatic carbocycles. The molecule has 0 bridgehead atoms. The van der Waals surface area contributed by atoms with Gasteiger partial charge in [0.05, 0.1) is 0 Å². The van der Waals surface area contributed by atoms with Crippen LogP contribution >= 0.6 is 0 Å². The number of nitrogens with one attached hydrogen (secondary N) is 2. The van der Waals surface area contributed by atoms with E-state index in [1.165, 1.54) is 6.92 Å². The first-order valence-electron chi connectivity index (χ1n) is 7.87. The first-order chi connectivity index (χ1) is 11.5. The number of hydrogen-bond acceptors (Lipinski definition) is 5. The predicted octanol–water partition coefficient (Wildman–Crippen LogP) is 1.37. The van der Waals surface area contributed by atoms with E-state index in [0.29, 0.717) is 37.9 Å². The van der Waals surface area contributed by atoms with Crippen molar-refractivity contribution >= 4 is 23.5 Å². The smallest absolute Gasteiger partial charge is 0.329 e. The van der Waals surface area contributed by atoms with Crippen LogP contribution in [-0.4, -0.2) is 35.8 Å². The van der Waals surface area contributed by atoms with Gasteiger partial charge in [0.2, 0.25) is 5.91 Å². The Morgan fingerprint density at radius 1 is 1.25 bits per heavy atom. The maximum atomic E-state index is 12.6. The fraction of sp³-hybridized carbons (Fsp3) is 0.353. The number of aryl methyl sites for hydroxylation is 1. The first-order valence-corrected chi connectivity index (χ1v) is 7.87. The second kappa shape index (κ2) is 6.74. The van der Waals surface area contributed by atoms with Crippen LogP contribution in [0.2, 0.25) is 0 Å². The second-order valence-electron chi connectivity index (χ2n) is 5.85. The highest BCUT2D eigenvalue weighted by atomic mass is 16.7. The number of fused-ring (bicyclic) bond motifs is 1. The van der Waals surface area contributed by atoms with Crippen LogP contribution in [0.3, 0.4) is 0 Å². The summed E-state index contributed by atoms with van der Waals surface area (Å²) in [6.07, 6.45) is 3.53. The fourth-order valence-corrected chi connectivity index (χ4v) is 2.78. The van der Waals surface area contributed by atoms with Gasteiger partial charge in [-0.15, -0.1) is 0 Å². The van der Waals surface area contributed by atoms with E-state index in [-0.39, 0.29) is 11.8 Å². The van der Waals surface area contributed by atoms with Crippen molar-refractivity contribution in [3.63, 3.8) is 0 Å². The Kier molecular flexibility index (Phi) is 4.50. The van der Waals surface area contributed by atoms with Crippen LogP contribution in [-0.2, 0) is 20.8 Å². The summed E-state index contributed by atoms with van der Waals surface area (Å²) in [4.78, 5) is 41.3. The van der Waals surface area contributed by atoms with Crippen LogP contribution in [0.1, 0.15) is 35.7 Å². The fourth-order valence-electron chi connectivity index (χ4n) is 2.78. The van der Waals surface area contributed by atoms with Crippen molar-refractivity contribution in [3.05, 3.63) is 41.1 Å². The summed E-state index contributed by atoms with van der Waals surface area (Å²) >= 11 is 0. The number of carbonyl (C=O) groups is 3. The van der Waals surface area contributed by atoms with Crippen LogP contribution < -0.4 is 10.8 Å². The molecule has 7 heteroatoms. The van der Waals surface area contributed by atoms with Crippen LogP contribution in [0.5, 0.6) is 0 Å². The highest BCUT2D eigenvalue weighted by Crippen LogP contribution is 2.24. The molecule has 7 nitrogen and oxygen atoms in total. The Balaban J connectivity index is 1.65. The molecule has 0 fully saturated rings. The Morgan fingerprint density at radius 2 is 2.08 bits per heavy atom. The van der Waals surface area contributed by atoms with Crippen LogP contribution in [0.25, 0.3) is 0 Å². The Labute approximate surface area is 139 Å². The molecule has 3 rings (SSSR count). The molecule has 0 spiro atoms. The molecular formula is C17H19N3O4. The van der Waals surface area contributed by atoms with Gasteiger partial charge in [-0.1, -0.05) is 0 Å². The zero-order valence-electron chi connectivity index (χ0n) is 13.4. The number of anilines is 1. The van der Waals surface area contributed by atoms with E-state index in [0.717, 1.165) is 16.9 Å².